The molecule has 104 valence electrons. The van der Waals surface area contributed by atoms with Crippen molar-refractivity contribution in [3.63, 3.8) is 0 Å². The summed E-state index contributed by atoms with van der Waals surface area (Å²) in [6.07, 6.45) is 5.35. The van der Waals surface area contributed by atoms with Gasteiger partial charge in [0.1, 0.15) is 12.4 Å². The maximum absolute atomic E-state index is 10.7. The van der Waals surface area contributed by atoms with Crippen LogP contribution in [0.1, 0.15) is 36.0 Å². The molecule has 0 amide bonds. The molecular formula is C15H20O4. The first-order valence-electron chi connectivity index (χ1n) is 6.59. The van der Waals surface area contributed by atoms with E-state index in [0.29, 0.717) is 17.1 Å². The summed E-state index contributed by atoms with van der Waals surface area (Å²) in [5.74, 6) is 1.29. The van der Waals surface area contributed by atoms with E-state index in [1.807, 2.05) is 0 Å². The Labute approximate surface area is 113 Å². The number of rotatable bonds is 5. The van der Waals surface area contributed by atoms with Crippen LogP contribution < -0.4 is 9.47 Å². The fourth-order valence-electron chi connectivity index (χ4n) is 2.46. The second kappa shape index (κ2) is 6.57. The van der Waals surface area contributed by atoms with Crippen LogP contribution in [0.5, 0.6) is 11.5 Å². The van der Waals surface area contributed by atoms with Gasteiger partial charge in [-0.1, -0.05) is 0 Å². The largest absolute Gasteiger partial charge is 0.493 e. The second-order valence-electron chi connectivity index (χ2n) is 4.79. The number of hydrogen-bond donors (Lipinski definition) is 0. The Bertz CT molecular complexity index is 430. The summed E-state index contributed by atoms with van der Waals surface area (Å²) in [4.78, 5) is 10.7. The molecule has 0 spiro atoms. The van der Waals surface area contributed by atoms with E-state index in [4.69, 9.17) is 14.2 Å². The molecule has 2 unspecified atom stereocenters. The first-order valence-corrected chi connectivity index (χ1v) is 6.59. The molecule has 0 heterocycles. The maximum Gasteiger partial charge on any atom is 0.161 e. The van der Waals surface area contributed by atoms with Gasteiger partial charge in [-0.3, -0.25) is 4.79 Å². The topological polar surface area (TPSA) is 44.8 Å². The van der Waals surface area contributed by atoms with Gasteiger partial charge < -0.3 is 14.2 Å². The lowest BCUT2D eigenvalue weighted by molar-refractivity contribution is 0.0202. The SMILES string of the molecule is COc1cc(C=O)ccc1OC1CCCC(OC)C1. The molecule has 4 heteroatoms. The van der Waals surface area contributed by atoms with E-state index in [-0.39, 0.29) is 12.2 Å². The molecule has 0 radical (unpaired) electrons. The highest BCUT2D eigenvalue weighted by Gasteiger charge is 2.24. The molecule has 0 bridgehead atoms. The predicted molar refractivity (Wildman–Crippen MR) is 72.1 cm³/mol. The zero-order chi connectivity index (χ0) is 13.7. The van der Waals surface area contributed by atoms with E-state index in [1.165, 1.54) is 0 Å². The number of carbonyl (C=O) groups is 1. The van der Waals surface area contributed by atoms with Crippen molar-refractivity contribution in [1.82, 2.24) is 0 Å². The van der Waals surface area contributed by atoms with Crippen molar-refractivity contribution in [1.29, 1.82) is 0 Å². The van der Waals surface area contributed by atoms with Crippen LogP contribution in [0, 0.1) is 0 Å². The molecule has 4 nitrogen and oxygen atoms in total. The summed E-state index contributed by atoms with van der Waals surface area (Å²) in [5, 5.41) is 0. The summed E-state index contributed by atoms with van der Waals surface area (Å²) in [7, 11) is 3.32. The average Bonchev–Trinajstić information content (AvgIpc) is 2.48. The van der Waals surface area contributed by atoms with Gasteiger partial charge in [0.05, 0.1) is 13.2 Å². The summed E-state index contributed by atoms with van der Waals surface area (Å²) in [6.45, 7) is 0. The van der Waals surface area contributed by atoms with Crippen molar-refractivity contribution in [2.75, 3.05) is 14.2 Å². The Morgan fingerprint density at radius 3 is 2.63 bits per heavy atom. The van der Waals surface area contributed by atoms with E-state index in [2.05, 4.69) is 0 Å². The van der Waals surface area contributed by atoms with Crippen LogP contribution >= 0.6 is 0 Å². The van der Waals surface area contributed by atoms with Crippen molar-refractivity contribution >= 4 is 6.29 Å². The first kappa shape index (κ1) is 13.9. The lowest BCUT2D eigenvalue weighted by Gasteiger charge is -2.29. The Hall–Kier alpha value is -1.55. The second-order valence-corrected chi connectivity index (χ2v) is 4.79. The average molecular weight is 264 g/mol. The number of benzene rings is 1. The summed E-state index contributed by atoms with van der Waals surface area (Å²) < 4.78 is 16.6. The number of aldehydes is 1. The Morgan fingerprint density at radius 1 is 1.16 bits per heavy atom. The van der Waals surface area contributed by atoms with Crippen LogP contribution in [0.2, 0.25) is 0 Å². The monoisotopic (exact) mass is 264 g/mol. The number of carbonyl (C=O) groups excluding carboxylic acids is 1. The van der Waals surface area contributed by atoms with E-state index in [0.717, 1.165) is 32.0 Å². The number of methoxy groups -OCH3 is 2. The van der Waals surface area contributed by atoms with Crippen LogP contribution in [0.4, 0.5) is 0 Å². The molecule has 1 aliphatic rings. The van der Waals surface area contributed by atoms with Crippen LogP contribution in [0.15, 0.2) is 18.2 Å². The van der Waals surface area contributed by atoms with Gasteiger partial charge >= 0.3 is 0 Å². The van der Waals surface area contributed by atoms with E-state index >= 15 is 0 Å². The van der Waals surface area contributed by atoms with Gasteiger partial charge in [-0.2, -0.15) is 0 Å². The normalized spacial score (nSPS) is 22.8. The van der Waals surface area contributed by atoms with Gasteiger partial charge in [0.25, 0.3) is 0 Å². The minimum Gasteiger partial charge on any atom is -0.493 e. The van der Waals surface area contributed by atoms with Crippen molar-refractivity contribution < 1.29 is 19.0 Å². The molecular weight excluding hydrogens is 244 g/mol. The molecule has 0 N–H and O–H groups in total. The number of hydrogen-bond acceptors (Lipinski definition) is 4. The van der Waals surface area contributed by atoms with Crippen molar-refractivity contribution in [3.8, 4) is 11.5 Å². The molecule has 1 aromatic rings. The summed E-state index contributed by atoms with van der Waals surface area (Å²) >= 11 is 0. The molecule has 1 fully saturated rings. The lowest BCUT2D eigenvalue weighted by atomic mass is 9.95. The van der Waals surface area contributed by atoms with Crippen molar-refractivity contribution in [2.45, 2.75) is 37.9 Å². The maximum atomic E-state index is 10.7. The fourth-order valence-corrected chi connectivity index (χ4v) is 2.46. The third kappa shape index (κ3) is 3.47. The molecule has 0 aromatic heterocycles. The van der Waals surface area contributed by atoms with Gasteiger partial charge in [-0.05, 0) is 37.5 Å². The van der Waals surface area contributed by atoms with Gasteiger partial charge in [0.15, 0.2) is 11.5 Å². The lowest BCUT2D eigenvalue weighted by Crippen LogP contribution is -2.29. The van der Waals surface area contributed by atoms with Gasteiger partial charge in [0, 0.05) is 19.1 Å². The molecule has 0 aliphatic heterocycles. The quantitative estimate of drug-likeness (QED) is 0.767. The Kier molecular flexibility index (Phi) is 4.80. The summed E-state index contributed by atoms with van der Waals surface area (Å²) in [6, 6.07) is 5.22. The molecule has 1 saturated carbocycles. The van der Waals surface area contributed by atoms with Crippen LogP contribution in [0.3, 0.4) is 0 Å². The minimum absolute atomic E-state index is 0.148. The fraction of sp³-hybridized carbons (Fsp3) is 0.533. The highest BCUT2D eigenvalue weighted by Crippen LogP contribution is 2.32. The smallest absolute Gasteiger partial charge is 0.161 e. The molecule has 0 saturated heterocycles. The molecule has 1 aliphatic carbocycles. The van der Waals surface area contributed by atoms with Crippen LogP contribution in [0.25, 0.3) is 0 Å². The molecule has 19 heavy (non-hydrogen) atoms. The van der Waals surface area contributed by atoms with E-state index < -0.39 is 0 Å². The molecule has 1 aromatic carbocycles. The first-order chi connectivity index (χ1) is 9.26. The predicted octanol–water partition coefficient (Wildman–Crippen LogP) is 2.84. The molecule has 2 rings (SSSR count). The zero-order valence-corrected chi connectivity index (χ0v) is 11.4. The highest BCUT2D eigenvalue weighted by atomic mass is 16.5. The number of ether oxygens (including phenoxy) is 3. The summed E-state index contributed by atoms with van der Waals surface area (Å²) in [5.41, 5.74) is 0.586. The molecule has 2 atom stereocenters. The van der Waals surface area contributed by atoms with Gasteiger partial charge in [-0.25, -0.2) is 0 Å². The Balaban J connectivity index is 2.07. The van der Waals surface area contributed by atoms with E-state index in [1.54, 1.807) is 32.4 Å². The third-order valence-electron chi connectivity index (χ3n) is 3.53. The highest BCUT2D eigenvalue weighted by molar-refractivity contribution is 5.76. The standard InChI is InChI=1S/C15H20O4/c1-17-12-4-3-5-13(9-12)19-14-7-6-11(10-16)8-15(14)18-2/h6-8,10,12-13H,3-5,9H2,1-2H3. The minimum atomic E-state index is 0.148. The van der Waals surface area contributed by atoms with Crippen LogP contribution in [-0.4, -0.2) is 32.7 Å². The van der Waals surface area contributed by atoms with Gasteiger partial charge in [-0.15, -0.1) is 0 Å². The van der Waals surface area contributed by atoms with Crippen molar-refractivity contribution in [3.05, 3.63) is 23.8 Å². The third-order valence-corrected chi connectivity index (χ3v) is 3.53. The van der Waals surface area contributed by atoms with Crippen LogP contribution in [-0.2, 0) is 4.74 Å². The van der Waals surface area contributed by atoms with Gasteiger partial charge in [0.2, 0.25) is 0 Å². The Morgan fingerprint density at radius 2 is 1.95 bits per heavy atom. The zero-order valence-electron chi connectivity index (χ0n) is 11.4. The van der Waals surface area contributed by atoms with Crippen molar-refractivity contribution in [2.24, 2.45) is 0 Å². The van der Waals surface area contributed by atoms with E-state index in [9.17, 15) is 4.79 Å².